The molecule has 0 radical (unpaired) electrons. The van der Waals surface area contributed by atoms with Crippen molar-refractivity contribution in [2.24, 2.45) is 5.92 Å². The van der Waals surface area contributed by atoms with E-state index in [0.717, 1.165) is 46.0 Å². The van der Waals surface area contributed by atoms with Crippen molar-refractivity contribution < 1.29 is 4.79 Å². The molecule has 0 spiro atoms. The number of amides is 1. The van der Waals surface area contributed by atoms with Crippen LogP contribution in [-0.2, 0) is 0 Å². The van der Waals surface area contributed by atoms with Crippen molar-refractivity contribution >= 4 is 33.0 Å². The zero-order valence-electron chi connectivity index (χ0n) is 11.9. The van der Waals surface area contributed by atoms with E-state index in [0.29, 0.717) is 6.04 Å². The number of fused-ring (bicyclic) bond motifs is 1. The second-order valence-electron chi connectivity index (χ2n) is 5.89. The molecule has 3 nitrogen and oxygen atoms in total. The quantitative estimate of drug-likeness (QED) is 0.812. The fourth-order valence-corrected chi connectivity index (χ4v) is 4.02. The third kappa shape index (κ3) is 2.40. The predicted molar refractivity (Wildman–Crippen MR) is 85.1 cm³/mol. The summed E-state index contributed by atoms with van der Waals surface area (Å²) in [6.45, 7) is 5.29. The number of carbonyl (C=O) groups excluding carboxylic acids is 1. The molecule has 20 heavy (non-hydrogen) atoms. The molecule has 1 amide bonds. The molecule has 2 unspecified atom stereocenters. The first-order valence-corrected chi connectivity index (χ1v) is 7.96. The maximum Gasteiger partial charge on any atom is 0.264 e. The lowest BCUT2D eigenvalue weighted by molar-refractivity contribution is 0.0594. The van der Waals surface area contributed by atoms with E-state index in [4.69, 9.17) is 5.73 Å². The second kappa shape index (κ2) is 5.09. The summed E-state index contributed by atoms with van der Waals surface area (Å²) in [4.78, 5) is 15.5. The lowest BCUT2D eigenvalue weighted by Crippen LogP contribution is -2.43. The molecule has 1 fully saturated rings. The number of rotatable bonds is 1. The maximum absolute atomic E-state index is 12.7. The number of thiophene rings is 1. The summed E-state index contributed by atoms with van der Waals surface area (Å²) in [6, 6.07) is 8.13. The van der Waals surface area contributed by atoms with E-state index in [1.54, 1.807) is 11.3 Å². The molecule has 2 aromatic rings. The average Bonchev–Trinajstić information content (AvgIpc) is 2.81. The zero-order valence-corrected chi connectivity index (χ0v) is 12.7. The Kier molecular flexibility index (Phi) is 3.42. The minimum Gasteiger partial charge on any atom is -0.399 e. The van der Waals surface area contributed by atoms with Gasteiger partial charge in [0.25, 0.3) is 5.91 Å². The van der Waals surface area contributed by atoms with E-state index in [1.165, 1.54) is 0 Å². The standard InChI is InChI=1S/C16H20N2OS/c1-10-5-6-18(11(2)7-10)16(19)15-9-12-8-13(17)3-4-14(12)20-15/h3-4,8-11H,5-7,17H2,1-2H3. The van der Waals surface area contributed by atoms with Crippen molar-refractivity contribution in [1.82, 2.24) is 4.90 Å². The summed E-state index contributed by atoms with van der Waals surface area (Å²) in [7, 11) is 0. The first kappa shape index (κ1) is 13.4. The topological polar surface area (TPSA) is 46.3 Å². The lowest BCUT2D eigenvalue weighted by Gasteiger charge is -2.36. The van der Waals surface area contributed by atoms with Gasteiger partial charge in [0.05, 0.1) is 4.88 Å². The van der Waals surface area contributed by atoms with E-state index in [1.807, 2.05) is 29.2 Å². The molecule has 1 aliphatic rings. The highest BCUT2D eigenvalue weighted by Crippen LogP contribution is 2.30. The minimum absolute atomic E-state index is 0.171. The third-order valence-corrected chi connectivity index (χ3v) is 5.25. The van der Waals surface area contributed by atoms with E-state index >= 15 is 0 Å². The third-order valence-electron chi connectivity index (χ3n) is 4.15. The van der Waals surface area contributed by atoms with Gasteiger partial charge in [-0.15, -0.1) is 11.3 Å². The van der Waals surface area contributed by atoms with Gasteiger partial charge < -0.3 is 10.6 Å². The van der Waals surface area contributed by atoms with Crippen LogP contribution in [0.3, 0.4) is 0 Å². The van der Waals surface area contributed by atoms with Crippen molar-refractivity contribution in [2.75, 3.05) is 12.3 Å². The van der Waals surface area contributed by atoms with Crippen molar-refractivity contribution in [3.05, 3.63) is 29.1 Å². The highest BCUT2D eigenvalue weighted by molar-refractivity contribution is 7.20. The van der Waals surface area contributed by atoms with Crippen molar-refractivity contribution in [2.45, 2.75) is 32.7 Å². The highest BCUT2D eigenvalue weighted by Gasteiger charge is 2.28. The fraction of sp³-hybridized carbons (Fsp3) is 0.438. The Balaban J connectivity index is 1.88. The smallest absolute Gasteiger partial charge is 0.264 e. The van der Waals surface area contributed by atoms with Gasteiger partial charge in [0, 0.05) is 23.0 Å². The summed E-state index contributed by atoms with van der Waals surface area (Å²) >= 11 is 1.56. The van der Waals surface area contributed by atoms with Crippen LogP contribution in [0.1, 0.15) is 36.4 Å². The Bertz CT molecular complexity index is 649. The van der Waals surface area contributed by atoms with Gasteiger partial charge in [-0.2, -0.15) is 0 Å². The number of hydrogen-bond donors (Lipinski definition) is 1. The van der Waals surface area contributed by atoms with Crippen molar-refractivity contribution in [3.8, 4) is 0 Å². The second-order valence-corrected chi connectivity index (χ2v) is 6.97. The lowest BCUT2D eigenvalue weighted by atomic mass is 9.93. The summed E-state index contributed by atoms with van der Waals surface area (Å²) in [5.74, 6) is 0.889. The minimum atomic E-state index is 0.171. The summed E-state index contributed by atoms with van der Waals surface area (Å²) in [6.07, 6.45) is 2.21. The van der Waals surface area contributed by atoms with Crippen LogP contribution in [0, 0.1) is 5.92 Å². The van der Waals surface area contributed by atoms with Gasteiger partial charge >= 0.3 is 0 Å². The molecule has 1 aromatic carbocycles. The zero-order chi connectivity index (χ0) is 14.3. The molecule has 1 aromatic heterocycles. The van der Waals surface area contributed by atoms with Crippen molar-refractivity contribution in [3.63, 3.8) is 0 Å². The first-order valence-electron chi connectivity index (χ1n) is 7.14. The molecule has 2 N–H and O–H groups in total. The SMILES string of the molecule is CC1CCN(C(=O)c2cc3cc(N)ccc3s2)C(C)C1. The predicted octanol–water partition coefficient (Wildman–Crippen LogP) is 3.74. The van der Waals surface area contributed by atoms with Gasteiger partial charge in [-0.3, -0.25) is 4.79 Å². The van der Waals surface area contributed by atoms with Crippen LogP contribution in [0.5, 0.6) is 0 Å². The van der Waals surface area contributed by atoms with E-state index in [-0.39, 0.29) is 5.91 Å². The number of nitrogens with two attached hydrogens (primary N) is 1. The Labute approximate surface area is 123 Å². The summed E-state index contributed by atoms with van der Waals surface area (Å²) in [5, 5.41) is 1.07. The number of piperidine rings is 1. The Hall–Kier alpha value is -1.55. The van der Waals surface area contributed by atoms with Gasteiger partial charge in [0.15, 0.2) is 0 Å². The van der Waals surface area contributed by atoms with Gasteiger partial charge in [-0.1, -0.05) is 6.92 Å². The van der Waals surface area contributed by atoms with Gasteiger partial charge in [-0.25, -0.2) is 0 Å². The van der Waals surface area contributed by atoms with E-state index in [2.05, 4.69) is 13.8 Å². The molecule has 1 saturated heterocycles. The van der Waals surface area contributed by atoms with Crippen LogP contribution >= 0.6 is 11.3 Å². The van der Waals surface area contributed by atoms with Gasteiger partial charge in [0.1, 0.15) is 0 Å². The van der Waals surface area contributed by atoms with Crippen LogP contribution < -0.4 is 5.73 Å². The molecular weight excluding hydrogens is 268 g/mol. The number of nitrogens with zero attached hydrogens (tertiary/aromatic N) is 1. The van der Waals surface area contributed by atoms with Gasteiger partial charge in [0.2, 0.25) is 0 Å². The molecule has 4 heteroatoms. The Morgan fingerprint density at radius 2 is 2.15 bits per heavy atom. The number of likely N-dealkylation sites (tertiary alicyclic amines) is 1. The molecular formula is C16H20N2OS. The van der Waals surface area contributed by atoms with Crippen LogP contribution in [-0.4, -0.2) is 23.4 Å². The number of benzene rings is 1. The number of hydrogen-bond acceptors (Lipinski definition) is 3. The fourth-order valence-electron chi connectivity index (χ4n) is 3.02. The van der Waals surface area contributed by atoms with Crippen LogP contribution in [0.15, 0.2) is 24.3 Å². The molecule has 1 aliphatic heterocycles. The monoisotopic (exact) mass is 288 g/mol. The largest absolute Gasteiger partial charge is 0.399 e. The molecule has 106 valence electrons. The first-order chi connectivity index (χ1) is 9.54. The molecule has 3 rings (SSSR count). The Morgan fingerprint density at radius 1 is 1.35 bits per heavy atom. The van der Waals surface area contributed by atoms with Crippen LogP contribution in [0.4, 0.5) is 5.69 Å². The molecule has 2 heterocycles. The van der Waals surface area contributed by atoms with Crippen LogP contribution in [0.2, 0.25) is 0 Å². The molecule has 0 aliphatic carbocycles. The molecule has 2 atom stereocenters. The summed E-state index contributed by atoms with van der Waals surface area (Å²) in [5.41, 5.74) is 6.54. The molecule has 0 saturated carbocycles. The summed E-state index contributed by atoms with van der Waals surface area (Å²) < 4.78 is 1.13. The van der Waals surface area contributed by atoms with E-state index in [9.17, 15) is 4.79 Å². The number of carbonyl (C=O) groups is 1. The van der Waals surface area contributed by atoms with Gasteiger partial charge in [-0.05, 0) is 55.3 Å². The number of nitrogen functional groups attached to an aromatic ring is 1. The van der Waals surface area contributed by atoms with Crippen LogP contribution in [0.25, 0.3) is 10.1 Å². The average molecular weight is 288 g/mol. The number of anilines is 1. The Morgan fingerprint density at radius 3 is 2.90 bits per heavy atom. The highest BCUT2D eigenvalue weighted by atomic mass is 32.1. The maximum atomic E-state index is 12.7. The van der Waals surface area contributed by atoms with Crippen molar-refractivity contribution in [1.29, 1.82) is 0 Å². The normalized spacial score (nSPS) is 23.2. The van der Waals surface area contributed by atoms with E-state index < -0.39 is 0 Å². The molecule has 0 bridgehead atoms.